The van der Waals surface area contributed by atoms with Crippen molar-refractivity contribution in [1.29, 1.82) is 0 Å². The Hall–Kier alpha value is -1.45. The third kappa shape index (κ3) is 2.75. The molecule has 0 saturated carbocycles. The van der Waals surface area contributed by atoms with Gasteiger partial charge >= 0.3 is 5.97 Å². The van der Waals surface area contributed by atoms with Crippen molar-refractivity contribution in [2.75, 3.05) is 14.2 Å². The molecule has 0 saturated heterocycles. The van der Waals surface area contributed by atoms with Crippen LogP contribution in [0.25, 0.3) is 0 Å². The molecule has 1 radical (unpaired) electrons. The molecule has 0 fully saturated rings. The number of hydrogen-bond donors (Lipinski definition) is 0. The predicted molar refractivity (Wildman–Crippen MR) is 59.7 cm³/mol. The van der Waals surface area contributed by atoms with Gasteiger partial charge in [0.2, 0.25) is 0 Å². The number of methoxy groups -OCH3 is 2. The summed E-state index contributed by atoms with van der Waals surface area (Å²) >= 11 is 0. The topological polar surface area (TPSA) is 35.5 Å². The summed E-state index contributed by atoms with van der Waals surface area (Å²) in [6, 6.07) is 5.33. The van der Waals surface area contributed by atoms with Crippen molar-refractivity contribution >= 4 is 13.2 Å². The van der Waals surface area contributed by atoms with E-state index in [1.807, 2.05) is 20.2 Å². The predicted octanol–water partition coefficient (Wildman–Crippen LogP) is 1.73. The molecule has 0 atom stereocenters. The van der Waals surface area contributed by atoms with Gasteiger partial charge in [-0.1, -0.05) is 13.1 Å². The summed E-state index contributed by atoms with van der Waals surface area (Å²) in [5.74, 6) is 0.439. The second-order valence-electron chi connectivity index (χ2n) is 3.13. The molecule has 0 aliphatic rings. The maximum atomic E-state index is 11.4. The van der Waals surface area contributed by atoms with Gasteiger partial charge in [0.15, 0.2) is 0 Å². The van der Waals surface area contributed by atoms with Crippen molar-refractivity contribution < 1.29 is 14.3 Å². The van der Waals surface area contributed by atoms with Crippen molar-refractivity contribution in [1.82, 2.24) is 0 Å². The Balaban J connectivity index is 3.08. The van der Waals surface area contributed by atoms with E-state index in [9.17, 15) is 4.79 Å². The summed E-state index contributed by atoms with van der Waals surface area (Å²) < 4.78 is 9.81. The summed E-state index contributed by atoms with van der Waals surface area (Å²) in [4.78, 5) is 11.4. The number of esters is 1. The largest absolute Gasteiger partial charge is 0.497 e. The SMILES string of the molecule is C[B]Cc1cc(OC)ccc1C(=O)OC. The molecule has 0 aliphatic carbocycles. The lowest BCUT2D eigenvalue weighted by Crippen LogP contribution is -2.07. The second-order valence-corrected chi connectivity index (χ2v) is 3.13. The molecule has 0 bridgehead atoms. The van der Waals surface area contributed by atoms with Crippen LogP contribution in [0.4, 0.5) is 0 Å². The van der Waals surface area contributed by atoms with Gasteiger partial charge in [-0.3, -0.25) is 0 Å². The van der Waals surface area contributed by atoms with E-state index in [4.69, 9.17) is 9.47 Å². The zero-order chi connectivity index (χ0) is 11.3. The molecule has 0 aliphatic heterocycles. The maximum Gasteiger partial charge on any atom is 0.338 e. The molecule has 1 aromatic rings. The van der Waals surface area contributed by atoms with Crippen LogP contribution < -0.4 is 4.74 Å². The monoisotopic (exact) mass is 205 g/mol. The lowest BCUT2D eigenvalue weighted by atomic mass is 9.74. The van der Waals surface area contributed by atoms with E-state index in [0.29, 0.717) is 5.56 Å². The number of carbonyl (C=O) groups is 1. The molecule has 3 nitrogen and oxygen atoms in total. The highest BCUT2D eigenvalue weighted by atomic mass is 16.5. The molecule has 1 rings (SSSR count). The van der Waals surface area contributed by atoms with Crippen LogP contribution in [-0.2, 0) is 11.1 Å². The molecule has 0 unspecified atom stereocenters. The summed E-state index contributed by atoms with van der Waals surface area (Å²) in [5.41, 5.74) is 1.51. The third-order valence-electron chi connectivity index (χ3n) is 2.14. The molecule has 1 aromatic carbocycles. The van der Waals surface area contributed by atoms with Crippen LogP contribution in [0, 0.1) is 0 Å². The number of carbonyl (C=O) groups excluding carboxylic acids is 1. The van der Waals surface area contributed by atoms with E-state index in [1.165, 1.54) is 7.11 Å². The van der Waals surface area contributed by atoms with Gasteiger partial charge in [0, 0.05) is 0 Å². The first kappa shape index (κ1) is 11.6. The first-order valence-electron chi connectivity index (χ1n) is 4.76. The highest BCUT2D eigenvalue weighted by Crippen LogP contribution is 2.18. The molecule has 0 spiro atoms. The fourth-order valence-corrected chi connectivity index (χ4v) is 1.39. The third-order valence-corrected chi connectivity index (χ3v) is 2.14. The Labute approximate surface area is 90.6 Å². The molecular formula is C11H14BO3. The summed E-state index contributed by atoms with van der Waals surface area (Å²) in [6.07, 6.45) is 0.724. The molecule has 0 amide bonds. The zero-order valence-corrected chi connectivity index (χ0v) is 9.24. The van der Waals surface area contributed by atoms with Gasteiger partial charge in [-0.05, 0) is 23.8 Å². The van der Waals surface area contributed by atoms with Crippen molar-refractivity contribution in [2.45, 2.75) is 13.1 Å². The normalized spacial score (nSPS) is 9.53. The van der Waals surface area contributed by atoms with Crippen molar-refractivity contribution in [3.05, 3.63) is 29.3 Å². The van der Waals surface area contributed by atoms with Crippen LogP contribution in [0.2, 0.25) is 6.82 Å². The smallest absolute Gasteiger partial charge is 0.338 e. The molecule has 4 heteroatoms. The van der Waals surface area contributed by atoms with Crippen molar-refractivity contribution in [3.8, 4) is 5.75 Å². The summed E-state index contributed by atoms with van der Waals surface area (Å²) in [6.45, 7) is 1.94. The second kappa shape index (κ2) is 5.44. The summed E-state index contributed by atoms with van der Waals surface area (Å²) in [7, 11) is 4.97. The standard InChI is InChI=1S/C11H14BO3/c1-12-7-8-6-9(14-2)4-5-10(8)11(13)15-3/h4-6H,7H2,1-3H3. The zero-order valence-electron chi connectivity index (χ0n) is 9.24. The number of rotatable bonds is 4. The highest BCUT2D eigenvalue weighted by molar-refractivity contribution is 6.33. The molecule has 79 valence electrons. The Morgan fingerprint density at radius 2 is 2.13 bits per heavy atom. The molecule has 0 N–H and O–H groups in total. The first-order chi connectivity index (χ1) is 7.22. The van der Waals surface area contributed by atoms with Crippen LogP contribution in [-0.4, -0.2) is 27.5 Å². The van der Waals surface area contributed by atoms with E-state index in [-0.39, 0.29) is 5.97 Å². The summed E-state index contributed by atoms with van der Waals surface area (Å²) in [5, 5.41) is 0. The maximum absolute atomic E-state index is 11.4. The lowest BCUT2D eigenvalue weighted by molar-refractivity contribution is 0.0600. The molecular weight excluding hydrogens is 191 g/mol. The minimum Gasteiger partial charge on any atom is -0.497 e. The minimum atomic E-state index is -0.311. The minimum absolute atomic E-state index is 0.311. The van der Waals surface area contributed by atoms with Gasteiger partial charge in [0.1, 0.15) is 13.0 Å². The number of benzene rings is 1. The Morgan fingerprint density at radius 3 is 2.67 bits per heavy atom. The number of ether oxygens (including phenoxy) is 2. The van der Waals surface area contributed by atoms with Crippen molar-refractivity contribution in [2.24, 2.45) is 0 Å². The van der Waals surface area contributed by atoms with Gasteiger partial charge in [-0.15, -0.1) is 0 Å². The van der Waals surface area contributed by atoms with E-state index in [0.717, 1.165) is 17.6 Å². The van der Waals surface area contributed by atoms with Gasteiger partial charge in [0.05, 0.1) is 19.8 Å². The Morgan fingerprint density at radius 1 is 1.40 bits per heavy atom. The van der Waals surface area contributed by atoms with Crippen molar-refractivity contribution in [3.63, 3.8) is 0 Å². The van der Waals surface area contributed by atoms with E-state index in [1.54, 1.807) is 19.2 Å². The van der Waals surface area contributed by atoms with E-state index < -0.39 is 0 Å². The van der Waals surface area contributed by atoms with E-state index in [2.05, 4.69) is 0 Å². The Kier molecular flexibility index (Phi) is 4.22. The Bertz CT molecular complexity index is 350. The number of hydrogen-bond acceptors (Lipinski definition) is 3. The molecule has 0 heterocycles. The van der Waals surface area contributed by atoms with Crippen LogP contribution in [0.1, 0.15) is 15.9 Å². The average Bonchev–Trinajstić information content (AvgIpc) is 2.28. The first-order valence-corrected chi connectivity index (χ1v) is 4.76. The fourth-order valence-electron chi connectivity index (χ4n) is 1.39. The van der Waals surface area contributed by atoms with Crippen LogP contribution in [0.3, 0.4) is 0 Å². The molecule has 0 aromatic heterocycles. The van der Waals surface area contributed by atoms with Crippen LogP contribution in [0.15, 0.2) is 18.2 Å². The van der Waals surface area contributed by atoms with Gasteiger partial charge in [0.25, 0.3) is 0 Å². The molecule has 15 heavy (non-hydrogen) atoms. The van der Waals surface area contributed by atoms with Gasteiger partial charge < -0.3 is 9.47 Å². The fraction of sp³-hybridized carbons (Fsp3) is 0.364. The van der Waals surface area contributed by atoms with E-state index >= 15 is 0 Å². The van der Waals surface area contributed by atoms with Gasteiger partial charge in [-0.25, -0.2) is 4.79 Å². The average molecular weight is 205 g/mol. The van der Waals surface area contributed by atoms with Crippen LogP contribution in [0.5, 0.6) is 5.75 Å². The highest BCUT2D eigenvalue weighted by Gasteiger charge is 2.11. The quantitative estimate of drug-likeness (QED) is 0.554. The lowest BCUT2D eigenvalue weighted by Gasteiger charge is -2.08. The van der Waals surface area contributed by atoms with Crippen LogP contribution >= 0.6 is 0 Å². The van der Waals surface area contributed by atoms with Gasteiger partial charge in [-0.2, -0.15) is 0 Å².